The Labute approximate surface area is 200 Å². The molecule has 2 N–H and O–H groups in total. The summed E-state index contributed by atoms with van der Waals surface area (Å²) < 4.78 is 12.0. The van der Waals surface area contributed by atoms with E-state index in [0.717, 1.165) is 12.8 Å². The Morgan fingerprint density at radius 1 is 0.971 bits per heavy atom. The number of aliphatic hydroxyl groups excluding tert-OH is 1. The predicted octanol–water partition coefficient (Wildman–Crippen LogP) is 2.11. The quantitative estimate of drug-likeness (QED) is 0.724. The van der Waals surface area contributed by atoms with Crippen molar-refractivity contribution in [1.29, 1.82) is 0 Å². The first-order valence-electron chi connectivity index (χ1n) is 12.2. The van der Waals surface area contributed by atoms with Crippen molar-refractivity contribution in [2.24, 2.45) is 0 Å². The van der Waals surface area contributed by atoms with Gasteiger partial charge >= 0.3 is 0 Å². The highest BCUT2D eigenvalue weighted by Crippen LogP contribution is 2.29. The van der Waals surface area contributed by atoms with Crippen LogP contribution in [0.5, 0.6) is 0 Å². The van der Waals surface area contributed by atoms with Crippen LogP contribution in [0, 0.1) is 0 Å². The van der Waals surface area contributed by atoms with Crippen LogP contribution in [0.15, 0.2) is 54.6 Å². The average molecular weight is 465 g/mol. The van der Waals surface area contributed by atoms with Crippen molar-refractivity contribution in [3.63, 3.8) is 0 Å². The van der Waals surface area contributed by atoms with Gasteiger partial charge in [-0.25, -0.2) is 0 Å². The molecule has 1 aliphatic carbocycles. The van der Waals surface area contributed by atoms with E-state index < -0.39 is 6.10 Å². The van der Waals surface area contributed by atoms with E-state index in [4.69, 9.17) is 9.47 Å². The van der Waals surface area contributed by atoms with Gasteiger partial charge in [-0.15, -0.1) is 0 Å². The van der Waals surface area contributed by atoms with Crippen LogP contribution in [0.25, 0.3) is 0 Å². The zero-order chi connectivity index (χ0) is 23.5. The molecule has 180 valence electrons. The van der Waals surface area contributed by atoms with Crippen molar-refractivity contribution >= 4 is 11.8 Å². The first kappa shape index (κ1) is 23.0. The molecule has 2 fully saturated rings. The molecule has 5 rings (SSSR count). The second-order valence-electron chi connectivity index (χ2n) is 9.60. The molecule has 0 spiro atoms. The van der Waals surface area contributed by atoms with Gasteiger partial charge < -0.3 is 24.8 Å². The number of aliphatic hydroxyl groups is 1. The maximum Gasteiger partial charge on any atom is 0.254 e. The third kappa shape index (κ3) is 5.17. The van der Waals surface area contributed by atoms with E-state index in [-0.39, 0.29) is 55.9 Å². The fourth-order valence-corrected chi connectivity index (χ4v) is 5.48. The van der Waals surface area contributed by atoms with Gasteiger partial charge in [0.2, 0.25) is 5.91 Å². The Balaban J connectivity index is 1.20. The number of fused-ring (bicyclic) bond motifs is 2. The number of amides is 2. The molecular weight excluding hydrogens is 432 g/mol. The van der Waals surface area contributed by atoms with Crippen LogP contribution in [-0.4, -0.2) is 72.0 Å². The van der Waals surface area contributed by atoms with Gasteiger partial charge in [-0.3, -0.25) is 9.59 Å². The number of carbonyl (C=O) groups excluding carboxylic acids is 2. The lowest BCUT2D eigenvalue weighted by Gasteiger charge is -2.44. The number of ether oxygens (including phenoxy) is 2. The van der Waals surface area contributed by atoms with Crippen molar-refractivity contribution in [1.82, 2.24) is 10.2 Å². The molecule has 0 radical (unpaired) electrons. The molecule has 7 nitrogen and oxygen atoms in total. The summed E-state index contributed by atoms with van der Waals surface area (Å²) in [6.45, 7) is 0.639. The molecule has 0 saturated carbocycles. The van der Waals surface area contributed by atoms with Gasteiger partial charge in [-0.1, -0.05) is 42.5 Å². The molecule has 7 heteroatoms. The zero-order valence-electron chi connectivity index (χ0n) is 19.3. The van der Waals surface area contributed by atoms with E-state index in [9.17, 15) is 14.7 Å². The largest absolute Gasteiger partial charge is 0.389 e. The SMILES string of the molecule is O=C(C[C@@H]1CC[C@H]2[C@@H](COC[C@@H](O)CN2C(=O)c2ccccc2)O1)NC1Cc2ccccc2C1. The highest BCUT2D eigenvalue weighted by Gasteiger charge is 2.40. The van der Waals surface area contributed by atoms with E-state index in [0.29, 0.717) is 24.8 Å². The van der Waals surface area contributed by atoms with E-state index in [2.05, 4.69) is 17.4 Å². The molecule has 0 aromatic heterocycles. The van der Waals surface area contributed by atoms with E-state index in [1.54, 1.807) is 17.0 Å². The molecule has 34 heavy (non-hydrogen) atoms. The minimum absolute atomic E-state index is 0.000610. The molecule has 0 unspecified atom stereocenters. The molecule has 2 saturated heterocycles. The molecule has 4 atom stereocenters. The number of nitrogens with one attached hydrogen (secondary N) is 1. The van der Waals surface area contributed by atoms with Crippen LogP contribution < -0.4 is 5.32 Å². The molecule has 0 bridgehead atoms. The summed E-state index contributed by atoms with van der Waals surface area (Å²) >= 11 is 0. The van der Waals surface area contributed by atoms with Gasteiger partial charge in [-0.05, 0) is 48.9 Å². The van der Waals surface area contributed by atoms with Crippen molar-refractivity contribution in [3.05, 3.63) is 71.3 Å². The first-order chi connectivity index (χ1) is 16.6. The van der Waals surface area contributed by atoms with Gasteiger partial charge in [0, 0.05) is 18.2 Å². The lowest BCUT2D eigenvalue weighted by Crippen LogP contribution is -2.57. The van der Waals surface area contributed by atoms with E-state index in [1.807, 2.05) is 30.3 Å². The normalized spacial score (nSPS) is 27.3. The Hall–Kier alpha value is -2.74. The summed E-state index contributed by atoms with van der Waals surface area (Å²) in [5, 5.41) is 13.5. The summed E-state index contributed by atoms with van der Waals surface area (Å²) in [5.74, 6) is -0.113. The second-order valence-corrected chi connectivity index (χ2v) is 9.60. The smallest absolute Gasteiger partial charge is 0.254 e. The monoisotopic (exact) mass is 464 g/mol. The molecule has 2 aliphatic heterocycles. The third-order valence-corrected chi connectivity index (χ3v) is 7.09. The summed E-state index contributed by atoms with van der Waals surface area (Å²) in [4.78, 5) is 27.8. The Kier molecular flexibility index (Phi) is 6.94. The summed E-state index contributed by atoms with van der Waals surface area (Å²) in [5.41, 5.74) is 3.21. The number of nitrogens with zero attached hydrogens (tertiary/aromatic N) is 1. The molecule has 3 aliphatic rings. The molecule has 2 aromatic rings. The number of hydrogen-bond acceptors (Lipinski definition) is 5. The number of benzene rings is 2. The fraction of sp³-hybridized carbons (Fsp3) is 0.481. The minimum Gasteiger partial charge on any atom is -0.389 e. The Morgan fingerprint density at radius 3 is 2.41 bits per heavy atom. The number of hydrogen-bond donors (Lipinski definition) is 2. The van der Waals surface area contributed by atoms with Crippen LogP contribution in [0.2, 0.25) is 0 Å². The minimum atomic E-state index is -0.743. The van der Waals surface area contributed by atoms with Crippen LogP contribution >= 0.6 is 0 Å². The van der Waals surface area contributed by atoms with Gasteiger partial charge in [0.15, 0.2) is 0 Å². The van der Waals surface area contributed by atoms with Crippen molar-refractivity contribution in [2.45, 2.75) is 62.5 Å². The molecular formula is C27H32N2O5. The topological polar surface area (TPSA) is 88.1 Å². The maximum absolute atomic E-state index is 13.3. The Morgan fingerprint density at radius 2 is 1.68 bits per heavy atom. The van der Waals surface area contributed by atoms with Crippen molar-refractivity contribution in [2.75, 3.05) is 19.8 Å². The van der Waals surface area contributed by atoms with Crippen molar-refractivity contribution < 1.29 is 24.2 Å². The van der Waals surface area contributed by atoms with Gasteiger partial charge in [0.05, 0.1) is 37.9 Å². The fourth-order valence-electron chi connectivity index (χ4n) is 5.48. The number of β-amino-alcohol motifs (C(OH)–C–C–N with tert-alkyl or cyclic N) is 1. The molecule has 2 heterocycles. The average Bonchev–Trinajstić information content (AvgIpc) is 3.24. The predicted molar refractivity (Wildman–Crippen MR) is 126 cm³/mol. The van der Waals surface area contributed by atoms with E-state index >= 15 is 0 Å². The summed E-state index contributed by atoms with van der Waals surface area (Å²) in [6.07, 6.45) is 2.11. The first-order valence-corrected chi connectivity index (χ1v) is 12.2. The summed E-state index contributed by atoms with van der Waals surface area (Å²) in [6, 6.07) is 17.4. The summed E-state index contributed by atoms with van der Waals surface area (Å²) in [7, 11) is 0. The van der Waals surface area contributed by atoms with Crippen molar-refractivity contribution in [3.8, 4) is 0 Å². The van der Waals surface area contributed by atoms with Crippen LogP contribution in [0.1, 0.15) is 40.7 Å². The highest BCUT2D eigenvalue weighted by atomic mass is 16.5. The number of rotatable bonds is 4. The Bertz CT molecular complexity index is 988. The van der Waals surface area contributed by atoms with Crippen LogP contribution in [-0.2, 0) is 27.1 Å². The maximum atomic E-state index is 13.3. The number of carbonyl (C=O) groups is 2. The van der Waals surface area contributed by atoms with Gasteiger partial charge in [0.25, 0.3) is 5.91 Å². The standard InChI is InChI=1S/C27H32N2O5/c30-22-15-29(27(32)18-6-2-1-3-7-18)24-11-10-23(34-25(24)17-33-16-22)14-26(31)28-21-12-19-8-4-5-9-20(19)13-21/h1-9,21-25,30H,10-17H2,(H,28,31)/t22-,23-,24-,25+/m0/s1. The lowest BCUT2D eigenvalue weighted by atomic mass is 9.94. The lowest BCUT2D eigenvalue weighted by molar-refractivity contribution is -0.151. The van der Waals surface area contributed by atoms with Crippen LogP contribution in [0.3, 0.4) is 0 Å². The van der Waals surface area contributed by atoms with Gasteiger partial charge in [0.1, 0.15) is 6.10 Å². The zero-order valence-corrected chi connectivity index (χ0v) is 19.3. The molecule has 2 aromatic carbocycles. The highest BCUT2D eigenvalue weighted by molar-refractivity contribution is 5.94. The molecule has 2 amide bonds. The third-order valence-electron chi connectivity index (χ3n) is 7.09. The second kappa shape index (κ2) is 10.3. The van der Waals surface area contributed by atoms with Crippen LogP contribution in [0.4, 0.5) is 0 Å². The van der Waals surface area contributed by atoms with Gasteiger partial charge in [-0.2, -0.15) is 0 Å². The van der Waals surface area contributed by atoms with E-state index in [1.165, 1.54) is 11.1 Å².